The Morgan fingerprint density at radius 3 is 2.39 bits per heavy atom. The van der Waals surface area contributed by atoms with Gasteiger partial charge in [0.15, 0.2) is 5.96 Å². The number of halogens is 1. The molecule has 1 aromatic carbocycles. The maximum atomic E-state index is 12.4. The Morgan fingerprint density at radius 2 is 1.79 bits per heavy atom. The summed E-state index contributed by atoms with van der Waals surface area (Å²) in [4.78, 5) is 30.5. The smallest absolute Gasteiger partial charge is 0.261 e. The average Bonchev–Trinajstić information content (AvgIpc) is 3.28. The van der Waals surface area contributed by atoms with Crippen molar-refractivity contribution in [2.75, 3.05) is 26.2 Å². The molecule has 1 aliphatic heterocycles. The number of carbonyl (C=O) groups is 2. The summed E-state index contributed by atoms with van der Waals surface area (Å²) in [5, 5.41) is 10.5. The first-order valence-electron chi connectivity index (χ1n) is 9.15. The molecule has 0 unspecified atom stereocenters. The van der Waals surface area contributed by atoms with Gasteiger partial charge < -0.3 is 10.6 Å². The van der Waals surface area contributed by atoms with Crippen molar-refractivity contribution < 1.29 is 9.59 Å². The molecule has 8 nitrogen and oxygen atoms in total. The molecule has 0 aliphatic carbocycles. The fourth-order valence-electron chi connectivity index (χ4n) is 2.93. The van der Waals surface area contributed by atoms with Gasteiger partial charge in [-0.25, -0.2) is 0 Å². The fraction of sp³-hybridized carbons (Fsp3) is 0.368. The summed E-state index contributed by atoms with van der Waals surface area (Å²) in [5.74, 6) is 0.201. The van der Waals surface area contributed by atoms with Crippen LogP contribution in [0.1, 0.15) is 34.1 Å². The number of aliphatic imine (C=N–C) groups is 1. The standard InChI is InChI=1S/C19H24N6O2.HI/c1-2-20-19(21-9-5-12-24-13-6-10-23-24)22-11-14-25-17(26)15-7-3-4-8-16(15)18(25)27;/h3-4,6-8,10,13H,2,5,9,11-12,14H2,1H3,(H2,20,21,22);1H. The lowest BCUT2D eigenvalue weighted by molar-refractivity contribution is 0.0657. The predicted octanol–water partition coefficient (Wildman–Crippen LogP) is 1.74. The molecule has 9 heteroatoms. The first kappa shape index (κ1) is 21.9. The second-order valence-corrected chi connectivity index (χ2v) is 6.12. The highest BCUT2D eigenvalue weighted by molar-refractivity contribution is 14.0. The molecule has 0 spiro atoms. The number of amides is 2. The summed E-state index contributed by atoms with van der Waals surface area (Å²) >= 11 is 0. The van der Waals surface area contributed by atoms with Crippen LogP contribution in [0.25, 0.3) is 0 Å². The van der Waals surface area contributed by atoms with Gasteiger partial charge in [0.25, 0.3) is 11.8 Å². The minimum Gasteiger partial charge on any atom is -0.357 e. The molecule has 0 bridgehead atoms. The first-order valence-corrected chi connectivity index (χ1v) is 9.15. The lowest BCUT2D eigenvalue weighted by Gasteiger charge is -2.16. The zero-order valence-electron chi connectivity index (χ0n) is 15.8. The molecule has 3 rings (SSSR count). The van der Waals surface area contributed by atoms with Gasteiger partial charge in [0.05, 0.1) is 11.1 Å². The Morgan fingerprint density at radius 1 is 1.07 bits per heavy atom. The minimum absolute atomic E-state index is 0. The molecule has 0 fully saturated rings. The van der Waals surface area contributed by atoms with Gasteiger partial charge in [-0.1, -0.05) is 12.1 Å². The Hall–Kier alpha value is -2.43. The highest BCUT2D eigenvalue weighted by atomic mass is 127. The van der Waals surface area contributed by atoms with E-state index in [9.17, 15) is 9.59 Å². The van der Waals surface area contributed by atoms with Crippen molar-refractivity contribution in [3.8, 4) is 0 Å². The molecule has 0 saturated carbocycles. The van der Waals surface area contributed by atoms with E-state index in [4.69, 9.17) is 0 Å². The van der Waals surface area contributed by atoms with E-state index in [-0.39, 0.29) is 35.8 Å². The molecule has 0 radical (unpaired) electrons. The number of imide groups is 1. The molecule has 0 atom stereocenters. The summed E-state index contributed by atoms with van der Waals surface area (Å²) < 4.78 is 1.87. The van der Waals surface area contributed by atoms with Crippen LogP contribution in [-0.2, 0) is 6.54 Å². The zero-order valence-corrected chi connectivity index (χ0v) is 18.1. The topological polar surface area (TPSA) is 91.6 Å². The Balaban J connectivity index is 0.00000280. The number of benzene rings is 1. The number of hydrogen-bond donors (Lipinski definition) is 2. The van der Waals surface area contributed by atoms with Crippen LogP contribution in [-0.4, -0.2) is 58.6 Å². The van der Waals surface area contributed by atoms with Crippen LogP contribution in [0.15, 0.2) is 47.7 Å². The summed E-state index contributed by atoms with van der Waals surface area (Å²) in [6.07, 6.45) is 4.56. The summed E-state index contributed by atoms with van der Waals surface area (Å²) in [6.45, 7) is 4.93. The van der Waals surface area contributed by atoms with Crippen molar-refractivity contribution in [3.63, 3.8) is 0 Å². The minimum atomic E-state index is -0.237. The van der Waals surface area contributed by atoms with Gasteiger partial charge in [-0.05, 0) is 31.5 Å². The van der Waals surface area contributed by atoms with Crippen molar-refractivity contribution in [1.29, 1.82) is 0 Å². The van der Waals surface area contributed by atoms with Crippen LogP contribution < -0.4 is 10.6 Å². The van der Waals surface area contributed by atoms with Crippen molar-refractivity contribution >= 4 is 41.8 Å². The van der Waals surface area contributed by atoms with Gasteiger partial charge in [-0.2, -0.15) is 5.10 Å². The summed E-state index contributed by atoms with van der Waals surface area (Å²) in [7, 11) is 0. The van der Waals surface area contributed by atoms with Crippen LogP contribution in [0.5, 0.6) is 0 Å². The first-order chi connectivity index (χ1) is 13.2. The van der Waals surface area contributed by atoms with Crippen molar-refractivity contribution in [1.82, 2.24) is 25.3 Å². The van der Waals surface area contributed by atoms with Gasteiger partial charge in [0.1, 0.15) is 0 Å². The molecule has 28 heavy (non-hydrogen) atoms. The van der Waals surface area contributed by atoms with Crippen molar-refractivity contribution in [3.05, 3.63) is 53.9 Å². The summed E-state index contributed by atoms with van der Waals surface area (Å²) in [5.41, 5.74) is 0.948. The lowest BCUT2D eigenvalue weighted by Crippen LogP contribution is -2.43. The normalized spacial score (nSPS) is 13.3. The molecular weight excluding hydrogens is 471 g/mol. The molecule has 150 valence electrons. The number of fused-ring (bicyclic) bond motifs is 1. The van der Waals surface area contributed by atoms with Crippen LogP contribution in [0.2, 0.25) is 0 Å². The molecular formula is C19H25IN6O2. The number of aromatic nitrogens is 2. The van der Waals surface area contributed by atoms with Crippen molar-refractivity contribution in [2.45, 2.75) is 19.9 Å². The molecule has 1 aromatic heterocycles. The second-order valence-electron chi connectivity index (χ2n) is 6.12. The number of nitrogens with one attached hydrogen (secondary N) is 2. The third-order valence-corrected chi connectivity index (χ3v) is 4.22. The van der Waals surface area contributed by atoms with E-state index in [1.165, 1.54) is 4.90 Å². The average molecular weight is 496 g/mol. The highest BCUT2D eigenvalue weighted by Gasteiger charge is 2.34. The maximum Gasteiger partial charge on any atom is 0.261 e. The monoisotopic (exact) mass is 496 g/mol. The van der Waals surface area contributed by atoms with Crippen LogP contribution in [0.4, 0.5) is 0 Å². The summed E-state index contributed by atoms with van der Waals surface area (Å²) in [6, 6.07) is 8.81. The van der Waals surface area contributed by atoms with Gasteiger partial charge in [0.2, 0.25) is 0 Å². The number of guanidine groups is 1. The van der Waals surface area contributed by atoms with Crippen molar-refractivity contribution in [2.24, 2.45) is 4.99 Å². The van der Waals surface area contributed by atoms with Crippen LogP contribution >= 0.6 is 24.0 Å². The van der Waals surface area contributed by atoms with E-state index in [0.29, 0.717) is 36.7 Å². The van der Waals surface area contributed by atoms with E-state index in [1.807, 2.05) is 23.9 Å². The number of aryl methyl sites for hydroxylation is 1. The Labute approximate surface area is 181 Å². The van der Waals surface area contributed by atoms with Gasteiger partial charge in [-0.15, -0.1) is 24.0 Å². The molecule has 2 aromatic rings. The van der Waals surface area contributed by atoms with Gasteiger partial charge in [0, 0.05) is 45.1 Å². The molecule has 1 aliphatic rings. The van der Waals surface area contributed by atoms with Gasteiger partial charge in [-0.3, -0.25) is 24.2 Å². The number of hydrogen-bond acceptors (Lipinski definition) is 4. The molecule has 0 saturated heterocycles. The van der Waals surface area contributed by atoms with E-state index in [1.54, 1.807) is 30.5 Å². The van der Waals surface area contributed by atoms with Gasteiger partial charge >= 0.3 is 0 Å². The molecule has 2 N–H and O–H groups in total. The highest BCUT2D eigenvalue weighted by Crippen LogP contribution is 2.21. The predicted molar refractivity (Wildman–Crippen MR) is 118 cm³/mol. The number of rotatable bonds is 8. The SMILES string of the molecule is CCNC(=NCCCn1cccn1)NCCN1C(=O)c2ccccc2C1=O.I. The van der Waals surface area contributed by atoms with E-state index in [2.05, 4.69) is 20.7 Å². The quantitative estimate of drug-likeness (QED) is 0.191. The lowest BCUT2D eigenvalue weighted by atomic mass is 10.1. The van der Waals surface area contributed by atoms with E-state index >= 15 is 0 Å². The van der Waals surface area contributed by atoms with Crippen LogP contribution in [0.3, 0.4) is 0 Å². The molecule has 2 amide bonds. The number of nitrogens with zero attached hydrogens (tertiary/aromatic N) is 4. The zero-order chi connectivity index (χ0) is 19.1. The molecule has 2 heterocycles. The largest absolute Gasteiger partial charge is 0.357 e. The third-order valence-electron chi connectivity index (χ3n) is 4.22. The second kappa shape index (κ2) is 10.8. The van der Waals surface area contributed by atoms with E-state index < -0.39 is 0 Å². The maximum absolute atomic E-state index is 12.4. The van der Waals surface area contributed by atoms with E-state index in [0.717, 1.165) is 19.5 Å². The number of carbonyl (C=O) groups excluding carboxylic acids is 2. The van der Waals surface area contributed by atoms with Crippen LogP contribution in [0, 0.1) is 0 Å². The fourth-order valence-corrected chi connectivity index (χ4v) is 2.93. The Bertz CT molecular complexity index is 787. The Kier molecular flexibility index (Phi) is 8.42. The third kappa shape index (κ3) is 5.31.